The van der Waals surface area contributed by atoms with Crippen molar-refractivity contribution < 1.29 is 23.1 Å². The van der Waals surface area contributed by atoms with E-state index in [1.807, 2.05) is 6.07 Å². The molecule has 144 valence electrons. The number of piperidine rings is 1. The number of carboxylic acids is 1. The van der Waals surface area contributed by atoms with Crippen LogP contribution in [0.25, 0.3) is 0 Å². The molecule has 0 unspecified atom stereocenters. The molecule has 1 N–H and O–H groups in total. The maximum atomic E-state index is 12.4. The molecule has 1 amide bonds. The largest absolute Gasteiger partial charge is 0.481 e. The minimum Gasteiger partial charge on any atom is -0.481 e. The van der Waals surface area contributed by atoms with Crippen molar-refractivity contribution in [3.05, 3.63) is 35.9 Å². The summed E-state index contributed by atoms with van der Waals surface area (Å²) in [6.07, 6.45) is 2.74. The van der Waals surface area contributed by atoms with Crippen LogP contribution in [0.15, 0.2) is 30.3 Å². The van der Waals surface area contributed by atoms with Gasteiger partial charge in [0.15, 0.2) is 9.84 Å². The highest BCUT2D eigenvalue weighted by Crippen LogP contribution is 2.25. The minimum atomic E-state index is -3.49. The maximum Gasteiger partial charge on any atom is 0.307 e. The molecule has 0 spiro atoms. The fraction of sp³-hybridized carbons (Fsp3) is 0.579. The number of hydrogen-bond donors (Lipinski definition) is 1. The summed E-state index contributed by atoms with van der Waals surface area (Å²) in [4.78, 5) is 24.7. The van der Waals surface area contributed by atoms with Gasteiger partial charge in [0.1, 0.15) is 0 Å². The fourth-order valence-electron chi connectivity index (χ4n) is 3.45. The minimum absolute atomic E-state index is 0.0684. The van der Waals surface area contributed by atoms with Gasteiger partial charge in [0, 0.05) is 20.0 Å². The van der Waals surface area contributed by atoms with Crippen molar-refractivity contribution in [2.75, 3.05) is 18.8 Å². The van der Waals surface area contributed by atoms with E-state index in [9.17, 15) is 23.1 Å². The van der Waals surface area contributed by atoms with Crippen LogP contribution >= 0.6 is 0 Å². The molecule has 0 bridgehead atoms. The smallest absolute Gasteiger partial charge is 0.307 e. The number of hydrogen-bond acceptors (Lipinski definition) is 4. The van der Waals surface area contributed by atoms with Gasteiger partial charge in [0.05, 0.1) is 17.4 Å². The first-order valence-electron chi connectivity index (χ1n) is 8.99. The van der Waals surface area contributed by atoms with Crippen molar-refractivity contribution in [2.45, 2.75) is 38.4 Å². The van der Waals surface area contributed by atoms with Gasteiger partial charge in [-0.3, -0.25) is 9.59 Å². The number of amides is 1. The molecular weight excluding hydrogens is 354 g/mol. The van der Waals surface area contributed by atoms with Gasteiger partial charge in [-0.15, -0.1) is 0 Å². The average molecular weight is 381 g/mol. The van der Waals surface area contributed by atoms with E-state index in [-0.39, 0.29) is 17.4 Å². The number of aliphatic carboxylic acids is 1. The summed E-state index contributed by atoms with van der Waals surface area (Å²) in [5, 5.41) is 9.43. The lowest BCUT2D eigenvalue weighted by Gasteiger charge is -2.31. The fourth-order valence-corrected chi connectivity index (χ4v) is 5.19. The highest BCUT2D eigenvalue weighted by atomic mass is 32.2. The van der Waals surface area contributed by atoms with Gasteiger partial charge in [-0.1, -0.05) is 30.3 Å². The van der Waals surface area contributed by atoms with Crippen LogP contribution in [0.3, 0.4) is 0 Å². The number of sulfone groups is 1. The van der Waals surface area contributed by atoms with Crippen molar-refractivity contribution in [1.29, 1.82) is 0 Å². The summed E-state index contributed by atoms with van der Waals surface area (Å²) in [5.41, 5.74) is 0.674. The van der Waals surface area contributed by atoms with Crippen molar-refractivity contribution in [3.8, 4) is 0 Å². The third-order valence-corrected chi connectivity index (χ3v) is 6.70. The molecule has 26 heavy (non-hydrogen) atoms. The Kier molecular flexibility index (Phi) is 7.20. The number of carbonyl (C=O) groups excluding carboxylic acids is 1. The molecule has 0 saturated carbocycles. The molecule has 2 rings (SSSR count). The van der Waals surface area contributed by atoms with E-state index in [0.717, 1.165) is 12.8 Å². The molecular formula is C19H27NO5S. The number of benzene rings is 1. The van der Waals surface area contributed by atoms with Gasteiger partial charge < -0.3 is 10.0 Å². The standard InChI is InChI=1S/C19H27NO5S/c1-15(21)20-11-9-16(10-12-20)7-8-18(19(22)23)14-26(24,25)13-17-5-3-2-4-6-17/h2-6,16,18H,7-14H2,1H3,(H,22,23)/t18-/m0/s1. The second-order valence-corrected chi connectivity index (χ2v) is 9.21. The number of rotatable bonds is 8. The van der Waals surface area contributed by atoms with E-state index >= 15 is 0 Å². The lowest BCUT2D eigenvalue weighted by Crippen LogP contribution is -2.37. The normalized spacial score (nSPS) is 17.0. The molecule has 1 heterocycles. The highest BCUT2D eigenvalue weighted by molar-refractivity contribution is 7.90. The Morgan fingerprint density at radius 3 is 2.35 bits per heavy atom. The van der Waals surface area contributed by atoms with Crippen molar-refractivity contribution in [3.63, 3.8) is 0 Å². The van der Waals surface area contributed by atoms with Gasteiger partial charge in [0.25, 0.3) is 0 Å². The molecule has 1 saturated heterocycles. The zero-order valence-corrected chi connectivity index (χ0v) is 16.0. The van der Waals surface area contributed by atoms with Gasteiger partial charge in [-0.25, -0.2) is 8.42 Å². The summed E-state index contributed by atoms with van der Waals surface area (Å²) in [6.45, 7) is 2.95. The molecule has 1 aliphatic rings. The summed E-state index contributed by atoms with van der Waals surface area (Å²) in [5.74, 6) is -1.97. The average Bonchev–Trinajstić information content (AvgIpc) is 2.59. The van der Waals surface area contributed by atoms with E-state index < -0.39 is 21.7 Å². The number of likely N-dealkylation sites (tertiary alicyclic amines) is 1. The zero-order chi connectivity index (χ0) is 19.2. The summed E-state index contributed by atoms with van der Waals surface area (Å²) in [6, 6.07) is 8.82. The van der Waals surface area contributed by atoms with Gasteiger partial charge in [-0.2, -0.15) is 0 Å². The first-order valence-corrected chi connectivity index (χ1v) is 10.8. The molecule has 0 aromatic heterocycles. The lowest BCUT2D eigenvalue weighted by molar-refractivity contribution is -0.141. The van der Waals surface area contributed by atoms with Crippen LogP contribution in [0.2, 0.25) is 0 Å². The molecule has 1 aliphatic heterocycles. The van der Waals surface area contributed by atoms with E-state index in [4.69, 9.17) is 0 Å². The lowest BCUT2D eigenvalue weighted by atomic mass is 9.89. The quantitative estimate of drug-likeness (QED) is 0.746. The van der Waals surface area contributed by atoms with E-state index in [2.05, 4.69) is 0 Å². The SMILES string of the molecule is CC(=O)N1CCC(CC[C@@H](CS(=O)(=O)Cc2ccccc2)C(=O)O)CC1. The van der Waals surface area contributed by atoms with Crippen LogP contribution in [0.4, 0.5) is 0 Å². The highest BCUT2D eigenvalue weighted by Gasteiger charge is 2.28. The Balaban J connectivity index is 1.87. The first-order chi connectivity index (χ1) is 12.3. The van der Waals surface area contributed by atoms with Crippen LogP contribution in [0.1, 0.15) is 38.2 Å². The van der Waals surface area contributed by atoms with Crippen molar-refractivity contribution in [1.82, 2.24) is 4.90 Å². The molecule has 1 atom stereocenters. The van der Waals surface area contributed by atoms with Crippen LogP contribution in [0, 0.1) is 11.8 Å². The summed E-state index contributed by atoms with van der Waals surface area (Å²) < 4.78 is 24.8. The first kappa shape index (κ1) is 20.4. The molecule has 1 fully saturated rings. The Morgan fingerprint density at radius 2 is 1.81 bits per heavy atom. The van der Waals surface area contributed by atoms with Crippen molar-refractivity contribution in [2.24, 2.45) is 11.8 Å². The van der Waals surface area contributed by atoms with E-state index in [0.29, 0.717) is 37.4 Å². The maximum absolute atomic E-state index is 12.4. The van der Waals surface area contributed by atoms with Crippen LogP contribution < -0.4 is 0 Å². The van der Waals surface area contributed by atoms with Crippen LogP contribution in [0.5, 0.6) is 0 Å². The molecule has 7 heteroatoms. The monoisotopic (exact) mass is 381 g/mol. The Morgan fingerprint density at radius 1 is 1.19 bits per heavy atom. The number of carboxylic acid groups (broad SMARTS) is 1. The van der Waals surface area contributed by atoms with Gasteiger partial charge in [0.2, 0.25) is 5.91 Å². The molecule has 1 aromatic carbocycles. The third-order valence-electron chi connectivity index (χ3n) is 5.02. The predicted molar refractivity (Wildman–Crippen MR) is 99.3 cm³/mol. The third kappa shape index (κ3) is 6.44. The zero-order valence-electron chi connectivity index (χ0n) is 15.1. The summed E-state index contributed by atoms with van der Waals surface area (Å²) in [7, 11) is -3.49. The Labute approximate surface area is 155 Å². The van der Waals surface area contributed by atoms with Crippen LogP contribution in [-0.4, -0.2) is 49.1 Å². The van der Waals surface area contributed by atoms with Crippen molar-refractivity contribution >= 4 is 21.7 Å². The van der Waals surface area contributed by atoms with E-state index in [1.54, 1.807) is 36.1 Å². The van der Waals surface area contributed by atoms with Crippen LogP contribution in [-0.2, 0) is 25.2 Å². The summed E-state index contributed by atoms with van der Waals surface area (Å²) >= 11 is 0. The topological polar surface area (TPSA) is 91.8 Å². The number of carbonyl (C=O) groups is 2. The van der Waals surface area contributed by atoms with Gasteiger partial charge in [-0.05, 0) is 37.2 Å². The predicted octanol–water partition coefficient (Wildman–Crippen LogP) is 2.34. The second-order valence-electron chi connectivity index (χ2n) is 7.10. The van der Waals surface area contributed by atoms with E-state index in [1.165, 1.54) is 0 Å². The molecule has 0 radical (unpaired) electrons. The number of nitrogens with zero attached hydrogens (tertiary/aromatic N) is 1. The molecule has 0 aliphatic carbocycles. The molecule has 6 nitrogen and oxygen atoms in total. The van der Waals surface area contributed by atoms with Gasteiger partial charge >= 0.3 is 5.97 Å². The second kappa shape index (κ2) is 9.16. The Hall–Kier alpha value is -1.89. The Bertz CT molecular complexity index is 709. The molecule has 1 aromatic rings.